The van der Waals surface area contributed by atoms with Crippen molar-refractivity contribution < 1.29 is 24.1 Å². The number of fused-ring (bicyclic) bond motifs is 3. The average Bonchev–Trinajstić information content (AvgIpc) is 3.31. The van der Waals surface area contributed by atoms with Gasteiger partial charge < -0.3 is 24.2 Å². The molecule has 2 aliphatic rings. The number of ether oxygens (including phenoxy) is 3. The maximum absolute atomic E-state index is 12.0. The van der Waals surface area contributed by atoms with Crippen molar-refractivity contribution in [2.24, 2.45) is 0 Å². The standard InChI is InChI=1S/C24H23NO4.C3H7NO/c1-27-18-10-8-17(9-11-18)24-20(16-6-4-3-5-7-16)12-13-23(24,26)22-21(29-24)14-19(28-2)15-25-22;1-4(2)3-5/h3-11,14-15,20,26H,12-13H2,1-2H3;3H,1-2H3. The van der Waals surface area contributed by atoms with Crippen LogP contribution < -0.4 is 14.2 Å². The fraction of sp³-hybridized carbons (Fsp3) is 0.333. The number of nitrogens with zero attached hydrogens (tertiary/aromatic N) is 2. The number of methoxy groups -OCH3 is 2. The van der Waals surface area contributed by atoms with Crippen LogP contribution >= 0.6 is 0 Å². The van der Waals surface area contributed by atoms with E-state index in [1.54, 1.807) is 34.5 Å². The van der Waals surface area contributed by atoms with E-state index in [4.69, 9.17) is 14.2 Å². The minimum atomic E-state index is -1.23. The molecule has 1 N–H and O–H groups in total. The molecular weight excluding hydrogens is 432 g/mol. The van der Waals surface area contributed by atoms with Gasteiger partial charge in [-0.3, -0.25) is 9.78 Å². The van der Waals surface area contributed by atoms with Crippen molar-refractivity contribution in [2.75, 3.05) is 28.3 Å². The molecule has 1 aromatic heterocycles. The van der Waals surface area contributed by atoms with Crippen LogP contribution in [0.4, 0.5) is 0 Å². The van der Waals surface area contributed by atoms with E-state index in [1.165, 1.54) is 4.90 Å². The summed E-state index contributed by atoms with van der Waals surface area (Å²) in [6.07, 6.45) is 3.74. The van der Waals surface area contributed by atoms with E-state index < -0.39 is 11.2 Å². The second kappa shape index (κ2) is 9.35. The number of rotatable bonds is 5. The van der Waals surface area contributed by atoms with Gasteiger partial charge in [-0.15, -0.1) is 0 Å². The Morgan fingerprint density at radius 3 is 2.29 bits per heavy atom. The normalized spacial score (nSPS) is 24.1. The summed E-state index contributed by atoms with van der Waals surface area (Å²) < 4.78 is 17.3. The van der Waals surface area contributed by atoms with Crippen molar-refractivity contribution >= 4 is 6.41 Å². The predicted molar refractivity (Wildman–Crippen MR) is 128 cm³/mol. The van der Waals surface area contributed by atoms with Crippen LogP contribution in [0.25, 0.3) is 0 Å². The first-order valence-corrected chi connectivity index (χ1v) is 11.2. The molecule has 3 atom stereocenters. The Labute approximate surface area is 199 Å². The first-order chi connectivity index (χ1) is 16.4. The average molecular weight is 463 g/mol. The second-order valence-electron chi connectivity index (χ2n) is 8.72. The van der Waals surface area contributed by atoms with Gasteiger partial charge in [0.25, 0.3) is 0 Å². The first-order valence-electron chi connectivity index (χ1n) is 11.2. The van der Waals surface area contributed by atoms with Gasteiger partial charge in [0.2, 0.25) is 6.41 Å². The lowest BCUT2D eigenvalue weighted by molar-refractivity contribution is -0.115. The zero-order valence-corrected chi connectivity index (χ0v) is 19.9. The molecule has 2 heterocycles. The van der Waals surface area contributed by atoms with Gasteiger partial charge in [-0.25, -0.2) is 0 Å². The summed E-state index contributed by atoms with van der Waals surface area (Å²) in [7, 11) is 6.62. The third-order valence-electron chi connectivity index (χ3n) is 6.56. The van der Waals surface area contributed by atoms with Crippen LogP contribution in [-0.2, 0) is 16.0 Å². The number of aliphatic hydroxyl groups is 1. The fourth-order valence-electron chi connectivity index (χ4n) is 5.00. The highest BCUT2D eigenvalue weighted by Crippen LogP contribution is 2.66. The molecule has 1 fully saturated rings. The third kappa shape index (κ3) is 3.76. The molecule has 0 bridgehead atoms. The summed E-state index contributed by atoms with van der Waals surface area (Å²) in [5, 5.41) is 12.0. The van der Waals surface area contributed by atoms with E-state index >= 15 is 0 Å². The Bertz CT molecular complexity index is 1140. The smallest absolute Gasteiger partial charge is 0.209 e. The Morgan fingerprint density at radius 2 is 1.71 bits per heavy atom. The van der Waals surface area contributed by atoms with Crippen LogP contribution in [-0.4, -0.2) is 49.7 Å². The molecule has 1 amide bonds. The van der Waals surface area contributed by atoms with Crippen molar-refractivity contribution in [2.45, 2.75) is 30.0 Å². The number of carbonyl (C=O) groups excluding carboxylic acids is 1. The zero-order chi connectivity index (χ0) is 24.3. The Morgan fingerprint density at radius 1 is 1.06 bits per heavy atom. The summed E-state index contributed by atoms with van der Waals surface area (Å²) in [4.78, 5) is 15.4. The molecule has 1 aliphatic carbocycles. The second-order valence-corrected chi connectivity index (χ2v) is 8.72. The topological polar surface area (TPSA) is 81.1 Å². The van der Waals surface area contributed by atoms with Crippen molar-refractivity contribution in [1.82, 2.24) is 9.88 Å². The highest BCUT2D eigenvalue weighted by atomic mass is 16.5. The minimum absolute atomic E-state index is 0.0257. The van der Waals surface area contributed by atoms with Crippen LogP contribution in [0, 0.1) is 0 Å². The molecule has 7 nitrogen and oxygen atoms in total. The van der Waals surface area contributed by atoms with E-state index in [2.05, 4.69) is 17.1 Å². The molecule has 178 valence electrons. The predicted octanol–water partition coefficient (Wildman–Crippen LogP) is 3.86. The Hall–Kier alpha value is -3.58. The van der Waals surface area contributed by atoms with Crippen molar-refractivity contribution in [3.63, 3.8) is 0 Å². The van der Waals surface area contributed by atoms with E-state index in [-0.39, 0.29) is 5.92 Å². The van der Waals surface area contributed by atoms with Gasteiger partial charge in [0.1, 0.15) is 22.9 Å². The van der Waals surface area contributed by atoms with Gasteiger partial charge in [0, 0.05) is 26.1 Å². The third-order valence-corrected chi connectivity index (χ3v) is 6.56. The number of aromatic nitrogens is 1. The maximum atomic E-state index is 12.0. The lowest BCUT2D eigenvalue weighted by atomic mass is 9.73. The van der Waals surface area contributed by atoms with Crippen molar-refractivity contribution in [1.29, 1.82) is 0 Å². The molecule has 5 rings (SSSR count). The highest BCUT2D eigenvalue weighted by Gasteiger charge is 2.69. The fourth-order valence-corrected chi connectivity index (χ4v) is 5.00. The minimum Gasteiger partial charge on any atom is -0.497 e. The van der Waals surface area contributed by atoms with Crippen molar-refractivity contribution in [3.8, 4) is 17.2 Å². The Kier molecular flexibility index (Phi) is 6.48. The SMILES string of the molecule is CN(C)C=O.COc1ccc(C23Oc4cc(OC)cnc4C2(O)CCC3c2ccccc2)cc1. The molecule has 0 saturated heterocycles. The molecule has 7 heteroatoms. The van der Waals surface area contributed by atoms with Gasteiger partial charge in [-0.05, 0) is 36.1 Å². The maximum Gasteiger partial charge on any atom is 0.209 e. The van der Waals surface area contributed by atoms with E-state index in [0.29, 0.717) is 23.6 Å². The summed E-state index contributed by atoms with van der Waals surface area (Å²) in [5.74, 6) is 1.91. The highest BCUT2D eigenvalue weighted by molar-refractivity contribution is 5.52. The molecule has 34 heavy (non-hydrogen) atoms. The molecule has 0 radical (unpaired) electrons. The van der Waals surface area contributed by atoms with Crippen molar-refractivity contribution in [3.05, 3.63) is 83.7 Å². The first kappa shape index (κ1) is 23.6. The van der Waals surface area contributed by atoms with Crippen LogP contribution in [0.3, 0.4) is 0 Å². The largest absolute Gasteiger partial charge is 0.497 e. The summed E-state index contributed by atoms with van der Waals surface area (Å²) >= 11 is 0. The molecule has 0 spiro atoms. The Balaban J connectivity index is 0.000000499. The molecule has 3 unspecified atom stereocenters. The van der Waals surface area contributed by atoms with Crippen LogP contribution in [0.1, 0.15) is 35.6 Å². The molecule has 1 aliphatic heterocycles. The van der Waals surface area contributed by atoms with Gasteiger partial charge >= 0.3 is 0 Å². The quantitative estimate of drug-likeness (QED) is 0.580. The van der Waals surface area contributed by atoms with Gasteiger partial charge in [-0.1, -0.05) is 42.5 Å². The monoisotopic (exact) mass is 462 g/mol. The summed E-state index contributed by atoms with van der Waals surface area (Å²) in [5.41, 5.74) is 0.419. The molecule has 2 aromatic carbocycles. The van der Waals surface area contributed by atoms with Crippen LogP contribution in [0.2, 0.25) is 0 Å². The van der Waals surface area contributed by atoms with Gasteiger partial charge in [-0.2, -0.15) is 0 Å². The van der Waals surface area contributed by atoms with E-state index in [9.17, 15) is 9.90 Å². The number of hydrogen-bond donors (Lipinski definition) is 1. The van der Waals surface area contributed by atoms with E-state index in [1.807, 2.05) is 48.5 Å². The van der Waals surface area contributed by atoms with Gasteiger partial charge in [0.15, 0.2) is 11.2 Å². The van der Waals surface area contributed by atoms with Crippen LogP contribution in [0.15, 0.2) is 66.9 Å². The van der Waals surface area contributed by atoms with Gasteiger partial charge in [0.05, 0.1) is 20.4 Å². The summed E-state index contributed by atoms with van der Waals surface area (Å²) in [6.45, 7) is 0. The molecule has 1 saturated carbocycles. The number of benzene rings is 2. The lowest BCUT2D eigenvalue weighted by Crippen LogP contribution is -2.48. The number of amides is 1. The van der Waals surface area contributed by atoms with Crippen LogP contribution in [0.5, 0.6) is 17.2 Å². The molecular formula is C27H30N2O5. The number of pyridine rings is 1. The number of hydrogen-bond acceptors (Lipinski definition) is 6. The summed E-state index contributed by atoms with van der Waals surface area (Å²) in [6, 6.07) is 19.8. The molecule has 3 aromatic rings. The lowest BCUT2D eigenvalue weighted by Gasteiger charge is -2.39. The van der Waals surface area contributed by atoms with E-state index in [0.717, 1.165) is 29.7 Å². The number of carbonyl (C=O) groups is 1. The zero-order valence-electron chi connectivity index (χ0n) is 19.9.